The summed E-state index contributed by atoms with van der Waals surface area (Å²) >= 11 is 0. The Morgan fingerprint density at radius 1 is 0.933 bits per heavy atom. The third-order valence-corrected chi connectivity index (χ3v) is 5.77. The first-order valence-corrected chi connectivity index (χ1v) is 9.93. The molecule has 6 heteroatoms. The molecule has 3 atom stereocenters. The Bertz CT molecular complexity index is 1070. The standard InChI is InChI=1S/C24H23NO5/c1-14-22(16-9-6-10-18(27-2)23(16)26)17-11-20-21(29-13-28-20)12-19(17)30-24(14)25-15-7-4-3-5-8-15/h3-12,14,22,24-26H,13H2,1-2H3/t14-,22+,24+/m1/s1. The molecule has 2 aliphatic rings. The van der Waals surface area contributed by atoms with Gasteiger partial charge in [0.05, 0.1) is 7.11 Å². The van der Waals surface area contributed by atoms with E-state index in [1.807, 2.05) is 54.6 Å². The highest BCUT2D eigenvalue weighted by Gasteiger charge is 2.39. The molecule has 0 radical (unpaired) electrons. The molecule has 0 spiro atoms. The fourth-order valence-electron chi connectivity index (χ4n) is 4.25. The van der Waals surface area contributed by atoms with Gasteiger partial charge in [0.25, 0.3) is 0 Å². The minimum Gasteiger partial charge on any atom is -0.504 e. The topological polar surface area (TPSA) is 69.2 Å². The molecule has 0 amide bonds. The van der Waals surface area contributed by atoms with Crippen molar-refractivity contribution >= 4 is 5.69 Å². The number of phenols is 1. The first-order valence-electron chi connectivity index (χ1n) is 9.93. The van der Waals surface area contributed by atoms with Gasteiger partial charge in [-0.25, -0.2) is 0 Å². The third kappa shape index (κ3) is 3.05. The van der Waals surface area contributed by atoms with Gasteiger partial charge in [-0.3, -0.25) is 0 Å². The Morgan fingerprint density at radius 2 is 1.70 bits per heavy atom. The van der Waals surface area contributed by atoms with Crippen molar-refractivity contribution in [2.24, 2.45) is 5.92 Å². The lowest BCUT2D eigenvalue weighted by Crippen LogP contribution is -2.40. The Balaban J connectivity index is 1.62. The van der Waals surface area contributed by atoms with E-state index in [1.165, 1.54) is 0 Å². The minimum atomic E-state index is -0.309. The predicted octanol–water partition coefficient (Wildman–Crippen LogP) is 4.73. The number of nitrogens with one attached hydrogen (secondary N) is 1. The number of hydrogen-bond acceptors (Lipinski definition) is 6. The number of rotatable bonds is 4. The second-order valence-corrected chi connectivity index (χ2v) is 7.53. The Hall–Kier alpha value is -3.54. The largest absolute Gasteiger partial charge is 0.504 e. The number of phenolic OH excluding ortho intramolecular Hbond substituents is 1. The molecule has 0 fully saturated rings. The lowest BCUT2D eigenvalue weighted by molar-refractivity contribution is 0.133. The molecule has 0 unspecified atom stereocenters. The summed E-state index contributed by atoms with van der Waals surface area (Å²) in [4.78, 5) is 0. The van der Waals surface area contributed by atoms with Gasteiger partial charge in [0.2, 0.25) is 6.79 Å². The lowest BCUT2D eigenvalue weighted by Gasteiger charge is -2.39. The van der Waals surface area contributed by atoms with Crippen LogP contribution < -0.4 is 24.3 Å². The quantitative estimate of drug-likeness (QED) is 0.654. The molecule has 0 aromatic heterocycles. The zero-order chi connectivity index (χ0) is 20.7. The summed E-state index contributed by atoms with van der Waals surface area (Å²) in [5.41, 5.74) is 2.69. The van der Waals surface area contributed by atoms with E-state index in [2.05, 4.69) is 12.2 Å². The minimum absolute atomic E-state index is 0.00363. The third-order valence-electron chi connectivity index (χ3n) is 5.77. The highest BCUT2D eigenvalue weighted by molar-refractivity contribution is 5.59. The maximum atomic E-state index is 10.9. The molecule has 0 saturated carbocycles. The highest BCUT2D eigenvalue weighted by atomic mass is 16.7. The summed E-state index contributed by atoms with van der Waals surface area (Å²) in [6, 6.07) is 19.3. The van der Waals surface area contributed by atoms with Crippen LogP contribution in [0.25, 0.3) is 0 Å². The molecule has 2 aliphatic heterocycles. The molecular weight excluding hydrogens is 382 g/mol. The van der Waals surface area contributed by atoms with Crippen molar-refractivity contribution in [2.75, 3.05) is 19.2 Å². The Labute approximate surface area is 175 Å². The van der Waals surface area contributed by atoms with Crippen molar-refractivity contribution in [1.82, 2.24) is 0 Å². The van der Waals surface area contributed by atoms with Crippen LogP contribution in [0.2, 0.25) is 0 Å². The summed E-state index contributed by atoms with van der Waals surface area (Å²) in [6.45, 7) is 2.30. The van der Waals surface area contributed by atoms with E-state index in [9.17, 15) is 5.11 Å². The number of benzene rings is 3. The molecule has 0 saturated heterocycles. The second kappa shape index (κ2) is 7.37. The second-order valence-electron chi connectivity index (χ2n) is 7.53. The molecule has 0 bridgehead atoms. The summed E-state index contributed by atoms with van der Waals surface area (Å²) in [6.07, 6.45) is -0.309. The van der Waals surface area contributed by atoms with Gasteiger partial charge in [-0.15, -0.1) is 0 Å². The molecule has 6 nitrogen and oxygen atoms in total. The van der Waals surface area contributed by atoms with Crippen LogP contribution in [0.5, 0.6) is 28.7 Å². The maximum Gasteiger partial charge on any atom is 0.231 e. The monoisotopic (exact) mass is 405 g/mol. The van der Waals surface area contributed by atoms with Crippen LogP contribution in [0.3, 0.4) is 0 Å². The molecule has 2 heterocycles. The summed E-state index contributed by atoms with van der Waals surface area (Å²) in [7, 11) is 1.55. The number of aromatic hydroxyl groups is 1. The van der Waals surface area contributed by atoms with Gasteiger partial charge in [-0.1, -0.05) is 37.3 Å². The van der Waals surface area contributed by atoms with Crippen molar-refractivity contribution in [3.8, 4) is 28.7 Å². The van der Waals surface area contributed by atoms with Crippen molar-refractivity contribution in [2.45, 2.75) is 19.1 Å². The van der Waals surface area contributed by atoms with Crippen molar-refractivity contribution < 1.29 is 24.1 Å². The first kappa shape index (κ1) is 18.5. The number of hydrogen-bond donors (Lipinski definition) is 2. The van der Waals surface area contributed by atoms with E-state index in [0.717, 1.165) is 16.8 Å². The molecule has 2 N–H and O–H groups in total. The Kier molecular flexibility index (Phi) is 4.54. The van der Waals surface area contributed by atoms with Crippen LogP contribution in [0.1, 0.15) is 24.0 Å². The zero-order valence-corrected chi connectivity index (χ0v) is 16.8. The van der Waals surface area contributed by atoms with Crippen molar-refractivity contribution in [3.63, 3.8) is 0 Å². The van der Waals surface area contributed by atoms with Crippen LogP contribution in [0.15, 0.2) is 60.7 Å². The maximum absolute atomic E-state index is 10.9. The van der Waals surface area contributed by atoms with E-state index in [0.29, 0.717) is 23.0 Å². The summed E-state index contributed by atoms with van der Waals surface area (Å²) in [5, 5.41) is 14.4. The van der Waals surface area contributed by atoms with Crippen LogP contribution in [-0.2, 0) is 0 Å². The van der Waals surface area contributed by atoms with Crippen LogP contribution in [-0.4, -0.2) is 25.2 Å². The van der Waals surface area contributed by atoms with Gasteiger partial charge in [-0.2, -0.15) is 0 Å². The number of para-hydroxylation sites is 2. The SMILES string of the molecule is COc1cccc([C@H]2c3cc4c(cc3O[C@H](Nc3ccccc3)[C@@H]2C)OCO4)c1O. The number of fused-ring (bicyclic) bond motifs is 2. The Morgan fingerprint density at radius 3 is 2.47 bits per heavy atom. The molecule has 154 valence electrons. The van der Waals surface area contributed by atoms with Crippen LogP contribution in [0.4, 0.5) is 5.69 Å². The molecule has 0 aliphatic carbocycles. The molecular formula is C24H23NO5. The van der Waals surface area contributed by atoms with Gasteiger partial charge in [-0.05, 0) is 24.3 Å². The lowest BCUT2D eigenvalue weighted by atomic mass is 9.78. The van der Waals surface area contributed by atoms with Gasteiger partial charge in [0, 0.05) is 34.7 Å². The number of methoxy groups -OCH3 is 1. The number of ether oxygens (including phenoxy) is 4. The summed E-state index contributed by atoms with van der Waals surface area (Å²) in [5.74, 6) is 2.50. The van der Waals surface area contributed by atoms with Gasteiger partial charge < -0.3 is 29.4 Å². The van der Waals surface area contributed by atoms with E-state index in [1.54, 1.807) is 13.2 Å². The van der Waals surface area contributed by atoms with Crippen molar-refractivity contribution in [1.29, 1.82) is 0 Å². The number of anilines is 1. The average Bonchev–Trinajstić information content (AvgIpc) is 3.22. The van der Waals surface area contributed by atoms with E-state index in [-0.39, 0.29) is 30.6 Å². The van der Waals surface area contributed by atoms with Crippen molar-refractivity contribution in [3.05, 3.63) is 71.8 Å². The normalized spacial score (nSPS) is 21.5. The van der Waals surface area contributed by atoms with Crippen LogP contribution >= 0.6 is 0 Å². The molecule has 30 heavy (non-hydrogen) atoms. The molecule has 5 rings (SSSR count). The van der Waals surface area contributed by atoms with Gasteiger partial charge in [0.15, 0.2) is 29.2 Å². The fourth-order valence-corrected chi connectivity index (χ4v) is 4.25. The van der Waals surface area contributed by atoms with Gasteiger partial charge >= 0.3 is 0 Å². The fraction of sp³-hybridized carbons (Fsp3) is 0.250. The average molecular weight is 405 g/mol. The predicted molar refractivity (Wildman–Crippen MR) is 113 cm³/mol. The highest BCUT2D eigenvalue weighted by Crippen LogP contribution is 2.51. The summed E-state index contributed by atoms with van der Waals surface area (Å²) < 4.78 is 22.9. The first-order chi connectivity index (χ1) is 14.7. The van der Waals surface area contributed by atoms with Gasteiger partial charge in [0.1, 0.15) is 5.75 Å². The van der Waals surface area contributed by atoms with E-state index < -0.39 is 0 Å². The van der Waals surface area contributed by atoms with E-state index >= 15 is 0 Å². The smallest absolute Gasteiger partial charge is 0.231 e. The zero-order valence-electron chi connectivity index (χ0n) is 16.8. The van der Waals surface area contributed by atoms with E-state index in [4.69, 9.17) is 18.9 Å². The molecule has 3 aromatic carbocycles. The molecule has 3 aromatic rings. The van der Waals surface area contributed by atoms with Crippen LogP contribution in [0, 0.1) is 5.92 Å².